The quantitative estimate of drug-likeness (QED) is 0.659. The van der Waals surface area contributed by atoms with Gasteiger partial charge in [-0.2, -0.15) is 0 Å². The van der Waals surface area contributed by atoms with E-state index in [9.17, 15) is 4.79 Å². The van der Waals surface area contributed by atoms with E-state index in [1.165, 1.54) is 17.3 Å². The van der Waals surface area contributed by atoms with Crippen molar-refractivity contribution in [2.24, 2.45) is 0 Å². The monoisotopic (exact) mass is 489 g/mol. The zero-order valence-electron chi connectivity index (χ0n) is 20.8. The number of likely N-dealkylation sites (tertiary alicyclic amines) is 2. The number of piperidine rings is 1. The highest BCUT2D eigenvalue weighted by molar-refractivity contribution is 5.87. The Hall–Kier alpha value is -3.10. The number of carbonyl (C=O) groups excluding carboxylic acids is 1. The molecule has 1 aromatic heterocycles. The molecule has 0 spiro atoms. The number of hydrogen-bond acceptors (Lipinski definition) is 7. The van der Waals surface area contributed by atoms with Crippen molar-refractivity contribution in [1.82, 2.24) is 14.8 Å². The molecule has 0 radical (unpaired) electrons. The van der Waals surface area contributed by atoms with E-state index in [1.807, 2.05) is 11.1 Å². The summed E-state index contributed by atoms with van der Waals surface area (Å²) in [5.74, 6) is 2.33. The van der Waals surface area contributed by atoms with Crippen molar-refractivity contribution in [3.8, 4) is 5.75 Å². The normalized spacial score (nSPS) is 22.7. The number of nitrogens with zero attached hydrogens (tertiary/aromatic N) is 4. The highest BCUT2D eigenvalue weighted by atomic mass is 16.5. The third-order valence-corrected chi connectivity index (χ3v) is 8.18. The van der Waals surface area contributed by atoms with Crippen LogP contribution in [-0.4, -0.2) is 79.2 Å². The van der Waals surface area contributed by atoms with Crippen LogP contribution < -0.4 is 15.0 Å². The molecule has 3 fully saturated rings. The number of morpholine rings is 1. The lowest BCUT2D eigenvalue weighted by atomic mass is 9.88. The minimum atomic E-state index is 0.0558. The van der Waals surface area contributed by atoms with Crippen molar-refractivity contribution in [3.05, 3.63) is 54.2 Å². The molecule has 8 heteroatoms. The van der Waals surface area contributed by atoms with Gasteiger partial charge in [0, 0.05) is 44.1 Å². The van der Waals surface area contributed by atoms with Gasteiger partial charge in [0.05, 0.1) is 24.5 Å². The van der Waals surface area contributed by atoms with Gasteiger partial charge in [-0.25, -0.2) is 4.98 Å². The van der Waals surface area contributed by atoms with Crippen molar-refractivity contribution in [2.75, 3.05) is 62.7 Å². The van der Waals surface area contributed by atoms with Crippen LogP contribution in [0.2, 0.25) is 0 Å². The number of fused-ring (bicyclic) bond motifs is 2. The molecule has 6 rings (SSSR count). The number of ether oxygens (including phenoxy) is 2. The van der Waals surface area contributed by atoms with Crippen LogP contribution in [-0.2, 0) is 16.1 Å². The Morgan fingerprint density at radius 2 is 1.92 bits per heavy atom. The second-order valence-corrected chi connectivity index (χ2v) is 10.2. The lowest BCUT2D eigenvalue weighted by Crippen LogP contribution is -2.42. The fraction of sp³-hybridized carbons (Fsp3) is 0.500. The molecule has 0 bridgehead atoms. The molecular formula is C28H35N5O3. The van der Waals surface area contributed by atoms with E-state index in [0.29, 0.717) is 18.6 Å². The fourth-order valence-corrected chi connectivity index (χ4v) is 6.10. The minimum Gasteiger partial charge on any atom is -0.487 e. The largest absolute Gasteiger partial charge is 0.487 e. The third-order valence-electron chi connectivity index (χ3n) is 8.18. The van der Waals surface area contributed by atoms with Gasteiger partial charge in [0.2, 0.25) is 5.91 Å². The zero-order valence-corrected chi connectivity index (χ0v) is 20.8. The van der Waals surface area contributed by atoms with Gasteiger partial charge in [0.1, 0.15) is 18.2 Å². The van der Waals surface area contributed by atoms with Gasteiger partial charge in [0.15, 0.2) is 0 Å². The molecule has 36 heavy (non-hydrogen) atoms. The van der Waals surface area contributed by atoms with E-state index in [-0.39, 0.29) is 5.91 Å². The summed E-state index contributed by atoms with van der Waals surface area (Å²) >= 11 is 0. The summed E-state index contributed by atoms with van der Waals surface area (Å²) < 4.78 is 11.8. The number of benzene rings is 1. The summed E-state index contributed by atoms with van der Waals surface area (Å²) in [5.41, 5.74) is 4.63. The predicted octanol–water partition coefficient (Wildman–Crippen LogP) is 3.52. The van der Waals surface area contributed by atoms with Gasteiger partial charge in [-0.05, 0) is 68.1 Å². The molecule has 0 unspecified atom stereocenters. The molecule has 1 amide bonds. The van der Waals surface area contributed by atoms with Crippen LogP contribution in [0.15, 0.2) is 43.1 Å². The van der Waals surface area contributed by atoms with E-state index in [0.717, 1.165) is 94.6 Å². The molecule has 1 N–H and O–H groups in total. The molecule has 2 aromatic rings. The van der Waals surface area contributed by atoms with Crippen molar-refractivity contribution >= 4 is 23.1 Å². The number of carbonyl (C=O) groups is 1. The lowest BCUT2D eigenvalue weighted by Gasteiger charge is -2.36. The Balaban J connectivity index is 1.13. The number of aromatic nitrogens is 1. The minimum absolute atomic E-state index is 0.0558. The average molecular weight is 490 g/mol. The number of rotatable bonds is 4. The lowest BCUT2D eigenvalue weighted by molar-refractivity contribution is -0.125. The number of amides is 1. The first-order valence-electron chi connectivity index (χ1n) is 13.2. The molecule has 1 atom stereocenters. The molecular weight excluding hydrogens is 454 g/mol. The first-order valence-corrected chi connectivity index (χ1v) is 13.2. The summed E-state index contributed by atoms with van der Waals surface area (Å²) in [6.07, 6.45) is 6.63. The maximum Gasteiger partial charge on any atom is 0.246 e. The van der Waals surface area contributed by atoms with E-state index in [2.05, 4.69) is 50.9 Å². The molecule has 190 valence electrons. The summed E-state index contributed by atoms with van der Waals surface area (Å²) in [6.45, 7) is 11.2. The maximum atomic E-state index is 12.0. The number of nitrogens with one attached hydrogen (secondary N) is 1. The molecule has 4 aliphatic heterocycles. The highest BCUT2D eigenvalue weighted by Crippen LogP contribution is 2.40. The van der Waals surface area contributed by atoms with Gasteiger partial charge in [-0.3, -0.25) is 9.69 Å². The molecule has 1 aromatic carbocycles. The van der Waals surface area contributed by atoms with Gasteiger partial charge >= 0.3 is 0 Å². The second kappa shape index (κ2) is 10.1. The van der Waals surface area contributed by atoms with Crippen LogP contribution in [0.4, 0.5) is 17.2 Å². The van der Waals surface area contributed by atoms with E-state index in [1.54, 1.807) is 0 Å². The first kappa shape index (κ1) is 23.3. The number of hydrogen-bond donors (Lipinski definition) is 1. The van der Waals surface area contributed by atoms with Crippen LogP contribution in [0, 0.1) is 0 Å². The summed E-state index contributed by atoms with van der Waals surface area (Å²) in [4.78, 5) is 23.5. The van der Waals surface area contributed by atoms with Crippen molar-refractivity contribution in [3.63, 3.8) is 0 Å². The van der Waals surface area contributed by atoms with Gasteiger partial charge in [0.25, 0.3) is 0 Å². The number of anilines is 3. The molecule has 8 nitrogen and oxygen atoms in total. The Bertz CT molecular complexity index is 1120. The summed E-state index contributed by atoms with van der Waals surface area (Å²) in [7, 11) is 0. The van der Waals surface area contributed by atoms with Gasteiger partial charge < -0.3 is 24.6 Å². The fourth-order valence-electron chi connectivity index (χ4n) is 6.10. The molecule has 3 saturated heterocycles. The van der Waals surface area contributed by atoms with Crippen molar-refractivity contribution in [2.45, 2.75) is 37.8 Å². The summed E-state index contributed by atoms with van der Waals surface area (Å²) in [5, 5.41) is 3.59. The van der Waals surface area contributed by atoms with Crippen LogP contribution in [0.1, 0.15) is 36.3 Å². The van der Waals surface area contributed by atoms with Gasteiger partial charge in [-0.15, -0.1) is 0 Å². The van der Waals surface area contributed by atoms with Crippen LogP contribution in [0.25, 0.3) is 0 Å². The predicted molar refractivity (Wildman–Crippen MR) is 140 cm³/mol. The van der Waals surface area contributed by atoms with E-state index < -0.39 is 0 Å². The van der Waals surface area contributed by atoms with Crippen molar-refractivity contribution < 1.29 is 14.3 Å². The molecule has 0 aliphatic carbocycles. The first-order chi connectivity index (χ1) is 17.7. The number of pyridine rings is 1. The zero-order chi connectivity index (χ0) is 24.5. The van der Waals surface area contributed by atoms with E-state index >= 15 is 0 Å². The molecule has 0 saturated carbocycles. The second-order valence-electron chi connectivity index (χ2n) is 10.2. The smallest absolute Gasteiger partial charge is 0.246 e. The Morgan fingerprint density at radius 3 is 2.72 bits per heavy atom. The third kappa shape index (κ3) is 4.55. The van der Waals surface area contributed by atoms with Crippen LogP contribution >= 0.6 is 0 Å². The highest BCUT2D eigenvalue weighted by Gasteiger charge is 2.32. The van der Waals surface area contributed by atoms with Gasteiger partial charge in [-0.1, -0.05) is 12.6 Å². The Kier molecular flexibility index (Phi) is 6.54. The van der Waals surface area contributed by atoms with Crippen LogP contribution in [0.5, 0.6) is 5.75 Å². The standard InChI is InChI=1S/C28H35N5O3/c1-2-27(34)33-12-8-22(18-33)31-10-6-20(7-11-31)21-3-4-26-24(17-21)30-28-23(19-36-26)25(5-9-29-28)32-13-15-35-16-14-32/h2-5,9,17,20,22H,1,6-8,10-16,18-19H2,(H,29,30)/t22-/m1/s1. The Labute approximate surface area is 212 Å². The maximum absolute atomic E-state index is 12.0. The topological polar surface area (TPSA) is 70.2 Å². The SMILES string of the molecule is C=CC(=O)N1CC[C@@H](N2CCC(c3ccc4c(c3)Nc3nccc(N5CCOCC5)c3CO4)CC2)C1. The average Bonchev–Trinajstić information content (AvgIpc) is 3.35. The summed E-state index contributed by atoms with van der Waals surface area (Å²) in [6, 6.07) is 9.16. The Morgan fingerprint density at radius 1 is 1.08 bits per heavy atom. The molecule has 4 aliphatic rings. The van der Waals surface area contributed by atoms with E-state index in [4.69, 9.17) is 9.47 Å². The van der Waals surface area contributed by atoms with Crippen molar-refractivity contribution in [1.29, 1.82) is 0 Å². The molecule has 5 heterocycles. The van der Waals surface area contributed by atoms with Crippen LogP contribution in [0.3, 0.4) is 0 Å².